The normalized spacial score (nSPS) is 28.1. The number of rotatable bonds is 3. The molecule has 1 aliphatic carbocycles. The molecule has 0 unspecified atom stereocenters. The van der Waals surface area contributed by atoms with Crippen LogP contribution in [0.2, 0.25) is 5.02 Å². The molecule has 2 aliphatic heterocycles. The minimum absolute atomic E-state index is 0. The highest BCUT2D eigenvalue weighted by Crippen LogP contribution is 2.35. The van der Waals surface area contributed by atoms with Crippen molar-refractivity contribution in [2.45, 2.75) is 56.3 Å². The molecule has 1 saturated carbocycles. The predicted molar refractivity (Wildman–Crippen MR) is 121 cm³/mol. The van der Waals surface area contributed by atoms with Gasteiger partial charge in [0.15, 0.2) is 0 Å². The Bertz CT molecular complexity index is 845. The smallest absolute Gasteiger partial charge is 0.409 e. The molecule has 0 bridgehead atoms. The molecule has 4 atom stereocenters. The van der Waals surface area contributed by atoms with Crippen molar-refractivity contribution >= 4 is 36.0 Å². The predicted octanol–water partition coefficient (Wildman–Crippen LogP) is 2.71. The first-order valence-corrected chi connectivity index (χ1v) is 11.3. The molecule has 2 amide bonds. The van der Waals surface area contributed by atoms with Gasteiger partial charge in [-0.2, -0.15) is 0 Å². The fourth-order valence-electron chi connectivity index (χ4n) is 5.45. The Morgan fingerprint density at radius 1 is 1.16 bits per heavy atom. The number of amides is 2. The van der Waals surface area contributed by atoms with Crippen molar-refractivity contribution in [2.24, 2.45) is 0 Å². The van der Waals surface area contributed by atoms with Gasteiger partial charge < -0.3 is 19.6 Å². The Balaban J connectivity index is 0.00000289. The van der Waals surface area contributed by atoms with Crippen LogP contribution in [0.1, 0.15) is 31.2 Å². The molecule has 0 radical (unpaired) electrons. The fourth-order valence-corrected chi connectivity index (χ4v) is 5.57. The van der Waals surface area contributed by atoms with E-state index in [1.807, 2.05) is 4.90 Å². The number of aliphatic hydroxyl groups excluding tert-OH is 1. The maximum atomic E-state index is 13.9. The third-order valence-electron chi connectivity index (χ3n) is 6.86. The maximum absolute atomic E-state index is 13.9. The van der Waals surface area contributed by atoms with Crippen molar-refractivity contribution in [3.05, 3.63) is 34.6 Å². The van der Waals surface area contributed by atoms with Crippen molar-refractivity contribution in [3.8, 4) is 0 Å². The Morgan fingerprint density at radius 2 is 1.88 bits per heavy atom. The average molecular weight is 490 g/mol. The standard InChI is InChI=1S/C22H29ClFN3O4.ClH/c1-31-22(30)26-9-10-27(20(29)12-14-5-6-16(23)17(24)11-14)21-18(3-2-4-19(21)26)25-8-7-15(28)13-25;/h5-6,11,15,18-19,21,28H,2-4,7-10,12-13H2,1H3;1H/t15-,18-,19-,21+;/m0./s1. The second kappa shape index (κ2) is 10.5. The summed E-state index contributed by atoms with van der Waals surface area (Å²) >= 11 is 5.77. The summed E-state index contributed by atoms with van der Waals surface area (Å²) in [6, 6.07) is 4.18. The molecule has 0 spiro atoms. The molecule has 1 aromatic rings. The first-order valence-electron chi connectivity index (χ1n) is 10.9. The largest absolute Gasteiger partial charge is 0.453 e. The first-order chi connectivity index (χ1) is 14.9. The number of halogens is 3. The van der Waals surface area contributed by atoms with Gasteiger partial charge in [-0.1, -0.05) is 17.7 Å². The van der Waals surface area contributed by atoms with Gasteiger partial charge in [0.05, 0.1) is 36.7 Å². The summed E-state index contributed by atoms with van der Waals surface area (Å²) in [6.45, 7) is 2.16. The molecular formula is C22H30Cl2FN3O4. The lowest BCUT2D eigenvalue weighted by Gasteiger charge is -2.54. The summed E-state index contributed by atoms with van der Waals surface area (Å²) in [5.41, 5.74) is 0.572. The molecule has 178 valence electrons. The van der Waals surface area contributed by atoms with E-state index in [4.69, 9.17) is 16.3 Å². The van der Waals surface area contributed by atoms with Crippen LogP contribution >= 0.6 is 24.0 Å². The number of hydrogen-bond donors (Lipinski definition) is 1. The number of nitrogens with zero attached hydrogens (tertiary/aromatic N) is 3. The summed E-state index contributed by atoms with van der Waals surface area (Å²) < 4.78 is 18.9. The number of aliphatic hydroxyl groups is 1. The van der Waals surface area contributed by atoms with Gasteiger partial charge in [-0.05, 0) is 43.4 Å². The van der Waals surface area contributed by atoms with Gasteiger partial charge in [0.25, 0.3) is 0 Å². The highest BCUT2D eigenvalue weighted by Gasteiger charge is 2.49. The number of carbonyl (C=O) groups excluding carboxylic acids is 2. The molecule has 10 heteroatoms. The summed E-state index contributed by atoms with van der Waals surface area (Å²) in [5, 5.41) is 10.1. The molecule has 1 N–H and O–H groups in total. The summed E-state index contributed by atoms with van der Waals surface area (Å²) in [6.07, 6.45) is 2.70. The zero-order chi connectivity index (χ0) is 22.1. The van der Waals surface area contributed by atoms with Crippen molar-refractivity contribution < 1.29 is 23.8 Å². The van der Waals surface area contributed by atoms with Crippen LogP contribution in [0.25, 0.3) is 0 Å². The number of carbonyl (C=O) groups is 2. The van der Waals surface area contributed by atoms with Crippen LogP contribution in [-0.2, 0) is 16.0 Å². The van der Waals surface area contributed by atoms with Crippen molar-refractivity contribution in [3.63, 3.8) is 0 Å². The van der Waals surface area contributed by atoms with Gasteiger partial charge in [0.1, 0.15) is 5.82 Å². The lowest BCUT2D eigenvalue weighted by Crippen LogP contribution is -2.69. The number of fused-ring (bicyclic) bond motifs is 1. The minimum atomic E-state index is -0.540. The number of hydrogen-bond acceptors (Lipinski definition) is 5. The molecule has 0 aromatic heterocycles. The Kier molecular flexibility index (Phi) is 8.25. The van der Waals surface area contributed by atoms with E-state index < -0.39 is 5.82 Å². The van der Waals surface area contributed by atoms with E-state index in [2.05, 4.69) is 4.90 Å². The molecular weight excluding hydrogens is 460 g/mol. The van der Waals surface area contributed by atoms with Crippen LogP contribution < -0.4 is 0 Å². The number of methoxy groups -OCH3 is 1. The Hall–Kier alpha value is -1.61. The fraction of sp³-hybridized carbons (Fsp3) is 0.636. The van der Waals surface area contributed by atoms with Crippen LogP contribution in [0.4, 0.5) is 9.18 Å². The lowest BCUT2D eigenvalue weighted by atomic mass is 9.81. The summed E-state index contributed by atoms with van der Waals surface area (Å²) in [4.78, 5) is 31.7. The van der Waals surface area contributed by atoms with Gasteiger partial charge in [-0.3, -0.25) is 9.69 Å². The molecule has 2 saturated heterocycles. The lowest BCUT2D eigenvalue weighted by molar-refractivity contribution is -0.142. The average Bonchev–Trinajstić information content (AvgIpc) is 3.20. The summed E-state index contributed by atoms with van der Waals surface area (Å²) in [7, 11) is 1.38. The highest BCUT2D eigenvalue weighted by atomic mass is 35.5. The molecule has 4 rings (SSSR count). The summed E-state index contributed by atoms with van der Waals surface area (Å²) in [5.74, 6) is -0.630. The monoisotopic (exact) mass is 489 g/mol. The zero-order valence-corrected chi connectivity index (χ0v) is 19.7. The van der Waals surface area contributed by atoms with E-state index in [-0.39, 0.29) is 60.1 Å². The minimum Gasteiger partial charge on any atom is -0.453 e. The van der Waals surface area contributed by atoms with Crippen LogP contribution in [0.15, 0.2) is 18.2 Å². The second-order valence-electron chi connectivity index (χ2n) is 8.67. The number of piperazine rings is 1. The van der Waals surface area contributed by atoms with Crippen LogP contribution in [-0.4, -0.2) is 89.3 Å². The van der Waals surface area contributed by atoms with E-state index in [0.717, 1.165) is 25.8 Å². The van der Waals surface area contributed by atoms with Crippen molar-refractivity contribution in [1.29, 1.82) is 0 Å². The van der Waals surface area contributed by atoms with Gasteiger partial charge in [0.2, 0.25) is 5.91 Å². The molecule has 1 aromatic carbocycles. The molecule has 32 heavy (non-hydrogen) atoms. The number of β-amino-alcohol motifs (C(OH)–C–C–N with tert-alkyl or cyclic N) is 1. The van der Waals surface area contributed by atoms with Crippen molar-refractivity contribution in [1.82, 2.24) is 14.7 Å². The second-order valence-corrected chi connectivity index (χ2v) is 9.08. The molecule has 7 nitrogen and oxygen atoms in total. The van der Waals surface area contributed by atoms with E-state index in [1.54, 1.807) is 11.0 Å². The zero-order valence-electron chi connectivity index (χ0n) is 18.1. The van der Waals surface area contributed by atoms with Gasteiger partial charge in [-0.25, -0.2) is 9.18 Å². The Morgan fingerprint density at radius 3 is 2.53 bits per heavy atom. The number of benzene rings is 1. The van der Waals surface area contributed by atoms with E-state index in [0.29, 0.717) is 31.6 Å². The topological polar surface area (TPSA) is 73.3 Å². The quantitative estimate of drug-likeness (QED) is 0.706. The maximum Gasteiger partial charge on any atom is 0.409 e. The molecule has 3 fully saturated rings. The Labute approximate surface area is 198 Å². The first kappa shape index (κ1) is 25.0. The van der Waals surface area contributed by atoms with E-state index in [1.165, 1.54) is 19.2 Å². The van der Waals surface area contributed by atoms with Gasteiger partial charge >= 0.3 is 6.09 Å². The van der Waals surface area contributed by atoms with E-state index in [9.17, 15) is 19.1 Å². The third-order valence-corrected chi connectivity index (χ3v) is 7.17. The number of likely N-dealkylation sites (tertiary alicyclic amines) is 1. The highest BCUT2D eigenvalue weighted by molar-refractivity contribution is 6.30. The van der Waals surface area contributed by atoms with Crippen LogP contribution in [0, 0.1) is 5.82 Å². The van der Waals surface area contributed by atoms with Gasteiger partial charge in [0, 0.05) is 32.2 Å². The molecule has 2 heterocycles. The SMILES string of the molecule is COC(=O)N1CCN(C(=O)Cc2ccc(Cl)c(F)c2)[C@@H]2[C@@H](N3CC[C@H](O)C3)CCC[C@@H]21.Cl. The van der Waals surface area contributed by atoms with Crippen LogP contribution in [0.5, 0.6) is 0 Å². The number of ether oxygens (including phenoxy) is 1. The third kappa shape index (κ3) is 4.98. The molecule has 3 aliphatic rings. The van der Waals surface area contributed by atoms with Crippen molar-refractivity contribution in [2.75, 3.05) is 33.3 Å². The van der Waals surface area contributed by atoms with Gasteiger partial charge in [-0.15, -0.1) is 12.4 Å². The van der Waals surface area contributed by atoms with E-state index >= 15 is 0 Å². The van der Waals surface area contributed by atoms with Crippen LogP contribution in [0.3, 0.4) is 0 Å².